The minimum absolute atomic E-state index is 0.452. The van der Waals surface area contributed by atoms with E-state index >= 15 is 0 Å². The number of ether oxygens (including phenoxy) is 1. The van der Waals surface area contributed by atoms with Crippen molar-refractivity contribution in [2.24, 2.45) is 0 Å². The molecular formula is C16H15N3O. The lowest BCUT2D eigenvalue weighted by Gasteiger charge is -2.11. The molecule has 2 aromatic carbocycles. The molecule has 20 heavy (non-hydrogen) atoms. The zero-order valence-electron chi connectivity index (χ0n) is 11.4. The van der Waals surface area contributed by atoms with Gasteiger partial charge >= 0.3 is 0 Å². The average molecular weight is 265 g/mol. The summed E-state index contributed by atoms with van der Waals surface area (Å²) < 4.78 is 5.95. The molecule has 3 aromatic rings. The topological polar surface area (TPSA) is 61.0 Å². The van der Waals surface area contributed by atoms with Crippen LogP contribution in [-0.2, 0) is 0 Å². The molecule has 100 valence electrons. The molecule has 0 spiro atoms. The average Bonchev–Trinajstić information content (AvgIpc) is 2.44. The molecule has 2 N–H and O–H groups in total. The molecule has 0 aliphatic heterocycles. The van der Waals surface area contributed by atoms with Gasteiger partial charge in [-0.2, -0.15) is 4.98 Å². The highest BCUT2D eigenvalue weighted by atomic mass is 16.5. The van der Waals surface area contributed by atoms with E-state index in [-0.39, 0.29) is 0 Å². The maximum absolute atomic E-state index is 5.95. The van der Waals surface area contributed by atoms with E-state index in [9.17, 15) is 0 Å². The van der Waals surface area contributed by atoms with Crippen LogP contribution in [0.1, 0.15) is 11.4 Å². The predicted molar refractivity (Wildman–Crippen MR) is 79.9 cm³/mol. The molecule has 1 aromatic heterocycles. The number of aryl methyl sites for hydroxylation is 1. The van der Waals surface area contributed by atoms with Gasteiger partial charge in [-0.15, -0.1) is 0 Å². The number of aromatic nitrogens is 2. The van der Waals surface area contributed by atoms with Gasteiger partial charge in [0.2, 0.25) is 5.88 Å². The van der Waals surface area contributed by atoms with E-state index in [0.717, 1.165) is 22.1 Å². The SMILES string of the molecule is Cc1nc(N)c(C)c(Oc2cccc3ccccc23)n1. The van der Waals surface area contributed by atoms with Crippen LogP contribution >= 0.6 is 0 Å². The first kappa shape index (κ1) is 12.4. The third kappa shape index (κ3) is 2.16. The number of nitrogens with two attached hydrogens (primary N) is 1. The van der Waals surface area contributed by atoms with Crippen molar-refractivity contribution >= 4 is 16.6 Å². The Balaban J connectivity index is 2.10. The fraction of sp³-hybridized carbons (Fsp3) is 0.125. The van der Waals surface area contributed by atoms with Crippen molar-refractivity contribution < 1.29 is 4.74 Å². The van der Waals surface area contributed by atoms with E-state index in [1.807, 2.05) is 37.3 Å². The number of hydrogen-bond acceptors (Lipinski definition) is 4. The van der Waals surface area contributed by atoms with Crippen LogP contribution in [0.2, 0.25) is 0 Å². The van der Waals surface area contributed by atoms with Crippen molar-refractivity contribution in [3.63, 3.8) is 0 Å². The summed E-state index contributed by atoms with van der Waals surface area (Å²) in [6.07, 6.45) is 0. The number of rotatable bonds is 2. The second kappa shape index (κ2) is 4.81. The Hall–Kier alpha value is -2.62. The van der Waals surface area contributed by atoms with E-state index in [1.54, 1.807) is 6.92 Å². The van der Waals surface area contributed by atoms with Gasteiger partial charge < -0.3 is 10.5 Å². The molecule has 0 aliphatic carbocycles. The van der Waals surface area contributed by atoms with Gasteiger partial charge in [0.1, 0.15) is 17.4 Å². The fourth-order valence-corrected chi connectivity index (χ4v) is 2.11. The van der Waals surface area contributed by atoms with Crippen LogP contribution in [0.5, 0.6) is 11.6 Å². The minimum atomic E-state index is 0.452. The molecule has 0 aliphatic rings. The van der Waals surface area contributed by atoms with Gasteiger partial charge in [0.25, 0.3) is 0 Å². The highest BCUT2D eigenvalue weighted by Crippen LogP contribution is 2.31. The van der Waals surface area contributed by atoms with Gasteiger partial charge in [0, 0.05) is 5.39 Å². The van der Waals surface area contributed by atoms with E-state index < -0.39 is 0 Å². The standard InChI is InChI=1S/C16H15N3O/c1-10-15(17)18-11(2)19-16(10)20-14-9-5-7-12-6-3-4-8-13(12)14/h3-9H,1-2H3,(H2,17,18,19). The fourth-order valence-electron chi connectivity index (χ4n) is 2.11. The summed E-state index contributed by atoms with van der Waals surface area (Å²) in [7, 11) is 0. The van der Waals surface area contributed by atoms with Crippen LogP contribution in [0.15, 0.2) is 42.5 Å². The number of fused-ring (bicyclic) bond motifs is 1. The molecule has 0 unspecified atom stereocenters. The van der Waals surface area contributed by atoms with Crippen molar-refractivity contribution in [1.82, 2.24) is 9.97 Å². The monoisotopic (exact) mass is 265 g/mol. The van der Waals surface area contributed by atoms with Crippen LogP contribution in [0.25, 0.3) is 10.8 Å². The summed E-state index contributed by atoms with van der Waals surface area (Å²) in [4.78, 5) is 8.45. The van der Waals surface area contributed by atoms with Crippen LogP contribution in [0, 0.1) is 13.8 Å². The highest BCUT2D eigenvalue weighted by Gasteiger charge is 2.10. The largest absolute Gasteiger partial charge is 0.438 e. The Kier molecular flexibility index (Phi) is 2.99. The molecule has 0 amide bonds. The van der Waals surface area contributed by atoms with Crippen molar-refractivity contribution in [3.8, 4) is 11.6 Å². The smallest absolute Gasteiger partial charge is 0.227 e. The van der Waals surface area contributed by atoms with E-state index in [4.69, 9.17) is 10.5 Å². The summed E-state index contributed by atoms with van der Waals surface area (Å²) in [6, 6.07) is 14.0. The van der Waals surface area contributed by atoms with Gasteiger partial charge in [-0.05, 0) is 25.3 Å². The molecular weight excluding hydrogens is 250 g/mol. The Labute approximate surface area is 117 Å². The van der Waals surface area contributed by atoms with E-state index in [1.165, 1.54) is 0 Å². The number of anilines is 1. The second-order valence-corrected chi connectivity index (χ2v) is 4.67. The third-order valence-electron chi connectivity index (χ3n) is 3.21. The zero-order valence-corrected chi connectivity index (χ0v) is 11.4. The Bertz CT molecular complexity index is 779. The maximum Gasteiger partial charge on any atom is 0.227 e. The second-order valence-electron chi connectivity index (χ2n) is 4.67. The molecule has 0 atom stereocenters. The molecule has 0 fully saturated rings. The van der Waals surface area contributed by atoms with E-state index in [0.29, 0.717) is 17.5 Å². The van der Waals surface area contributed by atoms with Crippen LogP contribution in [0.4, 0.5) is 5.82 Å². The zero-order chi connectivity index (χ0) is 14.1. The maximum atomic E-state index is 5.95. The summed E-state index contributed by atoms with van der Waals surface area (Å²) >= 11 is 0. The summed E-state index contributed by atoms with van der Waals surface area (Å²) in [5.41, 5.74) is 6.61. The molecule has 0 radical (unpaired) electrons. The first-order valence-corrected chi connectivity index (χ1v) is 6.41. The lowest BCUT2D eigenvalue weighted by Crippen LogP contribution is -2.02. The summed E-state index contributed by atoms with van der Waals surface area (Å²) in [5, 5.41) is 2.17. The normalized spacial score (nSPS) is 10.7. The van der Waals surface area contributed by atoms with Gasteiger partial charge in [0.15, 0.2) is 0 Å². The van der Waals surface area contributed by atoms with Crippen molar-refractivity contribution in [1.29, 1.82) is 0 Å². The van der Waals surface area contributed by atoms with Gasteiger partial charge in [-0.25, -0.2) is 4.98 Å². The van der Waals surface area contributed by atoms with Crippen molar-refractivity contribution in [3.05, 3.63) is 53.9 Å². The molecule has 0 bridgehead atoms. The molecule has 4 heteroatoms. The first-order chi connectivity index (χ1) is 9.65. The van der Waals surface area contributed by atoms with E-state index in [2.05, 4.69) is 22.1 Å². The third-order valence-corrected chi connectivity index (χ3v) is 3.21. The molecule has 4 nitrogen and oxygen atoms in total. The lowest BCUT2D eigenvalue weighted by atomic mass is 10.1. The predicted octanol–water partition coefficient (Wildman–Crippen LogP) is 3.62. The number of hydrogen-bond donors (Lipinski definition) is 1. The lowest BCUT2D eigenvalue weighted by molar-refractivity contribution is 0.461. The van der Waals surface area contributed by atoms with Crippen molar-refractivity contribution in [2.75, 3.05) is 5.73 Å². The molecule has 0 saturated heterocycles. The van der Waals surface area contributed by atoms with Crippen LogP contribution in [0.3, 0.4) is 0 Å². The Morgan fingerprint density at radius 1 is 0.950 bits per heavy atom. The molecule has 1 heterocycles. The first-order valence-electron chi connectivity index (χ1n) is 6.41. The van der Waals surface area contributed by atoms with Gasteiger partial charge in [-0.1, -0.05) is 36.4 Å². The summed E-state index contributed by atoms with van der Waals surface area (Å²) in [5.74, 6) is 2.33. The molecule has 3 rings (SSSR count). The summed E-state index contributed by atoms with van der Waals surface area (Å²) in [6.45, 7) is 3.65. The Morgan fingerprint density at radius 3 is 2.55 bits per heavy atom. The minimum Gasteiger partial charge on any atom is -0.438 e. The van der Waals surface area contributed by atoms with Crippen LogP contribution < -0.4 is 10.5 Å². The Morgan fingerprint density at radius 2 is 1.70 bits per heavy atom. The van der Waals surface area contributed by atoms with Crippen molar-refractivity contribution in [2.45, 2.75) is 13.8 Å². The number of nitrogen functional groups attached to an aromatic ring is 1. The highest BCUT2D eigenvalue weighted by molar-refractivity contribution is 5.88. The molecule has 0 saturated carbocycles. The number of benzene rings is 2. The van der Waals surface area contributed by atoms with Gasteiger partial charge in [0.05, 0.1) is 5.56 Å². The van der Waals surface area contributed by atoms with Gasteiger partial charge in [-0.3, -0.25) is 0 Å². The van der Waals surface area contributed by atoms with Crippen LogP contribution in [-0.4, -0.2) is 9.97 Å². The quantitative estimate of drug-likeness (QED) is 0.768. The number of nitrogens with zero attached hydrogens (tertiary/aromatic N) is 2.